The highest BCUT2D eigenvalue weighted by Crippen LogP contribution is 2.29. The van der Waals surface area contributed by atoms with Crippen molar-refractivity contribution in [1.82, 2.24) is 15.3 Å². The molecule has 0 saturated heterocycles. The van der Waals surface area contributed by atoms with Gasteiger partial charge in [-0.05, 0) is 19.1 Å². The third-order valence-electron chi connectivity index (χ3n) is 2.75. The Labute approximate surface area is 108 Å². The van der Waals surface area contributed by atoms with Crippen molar-refractivity contribution in [3.63, 3.8) is 0 Å². The van der Waals surface area contributed by atoms with Crippen molar-refractivity contribution in [2.45, 2.75) is 6.92 Å². The molecule has 0 aliphatic carbocycles. The zero-order valence-corrected chi connectivity index (χ0v) is 10.2. The molecule has 0 spiro atoms. The van der Waals surface area contributed by atoms with E-state index in [1.165, 1.54) is 0 Å². The fourth-order valence-corrected chi connectivity index (χ4v) is 1.92. The Morgan fingerprint density at radius 3 is 2.68 bits per heavy atom. The van der Waals surface area contributed by atoms with Gasteiger partial charge in [0.2, 0.25) is 0 Å². The van der Waals surface area contributed by atoms with Gasteiger partial charge in [0.25, 0.3) is 17.6 Å². The highest BCUT2D eigenvalue weighted by atomic mass is 16.5. The molecule has 0 aliphatic rings. The first-order valence-corrected chi connectivity index (χ1v) is 5.87. The van der Waals surface area contributed by atoms with Gasteiger partial charge in [0.1, 0.15) is 5.52 Å². The van der Waals surface area contributed by atoms with Gasteiger partial charge in [0, 0.05) is 6.54 Å². The summed E-state index contributed by atoms with van der Waals surface area (Å²) in [4.78, 5) is 20.4. The maximum absolute atomic E-state index is 11.9. The minimum absolute atomic E-state index is 0.0232. The number of carbonyl (C=O) groups is 1. The van der Waals surface area contributed by atoms with E-state index in [9.17, 15) is 9.90 Å². The number of fused-ring (bicyclic) bond motifs is 2. The molecule has 0 fully saturated rings. The summed E-state index contributed by atoms with van der Waals surface area (Å²) in [7, 11) is 0. The highest BCUT2D eigenvalue weighted by molar-refractivity contribution is 6.07. The van der Waals surface area contributed by atoms with Crippen LogP contribution >= 0.6 is 0 Å². The smallest absolute Gasteiger partial charge is 0.299 e. The molecule has 0 aliphatic heterocycles. The van der Waals surface area contributed by atoms with Crippen LogP contribution in [0.2, 0.25) is 0 Å². The van der Waals surface area contributed by atoms with Gasteiger partial charge < -0.3 is 14.8 Å². The molecule has 0 radical (unpaired) electrons. The largest absolute Gasteiger partial charge is 0.480 e. The van der Waals surface area contributed by atoms with Gasteiger partial charge in [-0.3, -0.25) is 4.79 Å². The summed E-state index contributed by atoms with van der Waals surface area (Å²) < 4.78 is 5.10. The predicted octanol–water partition coefficient (Wildman–Crippen LogP) is 1.83. The molecule has 3 aromatic rings. The Bertz CT molecular complexity index is 779. The molecular weight excluding hydrogens is 246 g/mol. The van der Waals surface area contributed by atoms with Crippen LogP contribution in [0.3, 0.4) is 0 Å². The van der Waals surface area contributed by atoms with Gasteiger partial charge in [0.05, 0.1) is 11.0 Å². The van der Waals surface area contributed by atoms with Crippen LogP contribution in [-0.4, -0.2) is 27.5 Å². The summed E-state index contributed by atoms with van der Waals surface area (Å²) in [5, 5.41) is 12.3. The van der Waals surface area contributed by atoms with E-state index in [1.807, 2.05) is 12.1 Å². The molecule has 3 rings (SSSR count). The van der Waals surface area contributed by atoms with Crippen LogP contribution in [-0.2, 0) is 0 Å². The van der Waals surface area contributed by atoms with Crippen LogP contribution in [0.15, 0.2) is 28.7 Å². The molecule has 0 atom stereocenters. The van der Waals surface area contributed by atoms with Gasteiger partial charge in [0.15, 0.2) is 5.56 Å². The Morgan fingerprint density at radius 1 is 1.32 bits per heavy atom. The Kier molecular flexibility index (Phi) is 2.56. The van der Waals surface area contributed by atoms with Gasteiger partial charge >= 0.3 is 0 Å². The first-order chi connectivity index (χ1) is 9.20. The van der Waals surface area contributed by atoms with Gasteiger partial charge in [-0.2, -0.15) is 0 Å². The normalized spacial score (nSPS) is 11.0. The number of nitrogens with one attached hydrogen (secondary N) is 1. The lowest BCUT2D eigenvalue weighted by Gasteiger charge is -1.99. The van der Waals surface area contributed by atoms with Crippen molar-refractivity contribution in [2.24, 2.45) is 0 Å². The van der Waals surface area contributed by atoms with Crippen LogP contribution in [0.1, 0.15) is 17.3 Å². The Morgan fingerprint density at radius 2 is 2.00 bits per heavy atom. The molecule has 0 unspecified atom stereocenters. The van der Waals surface area contributed by atoms with Gasteiger partial charge in [-0.15, -0.1) is 0 Å². The van der Waals surface area contributed by atoms with E-state index in [4.69, 9.17) is 4.42 Å². The van der Waals surface area contributed by atoms with E-state index in [0.29, 0.717) is 17.6 Å². The maximum Gasteiger partial charge on any atom is 0.299 e. The van der Waals surface area contributed by atoms with E-state index in [0.717, 1.165) is 0 Å². The molecule has 0 saturated carbocycles. The first kappa shape index (κ1) is 11.5. The van der Waals surface area contributed by atoms with Crippen molar-refractivity contribution >= 4 is 28.2 Å². The zero-order chi connectivity index (χ0) is 13.4. The molecule has 2 N–H and O–H groups in total. The van der Waals surface area contributed by atoms with Crippen LogP contribution < -0.4 is 5.32 Å². The van der Waals surface area contributed by atoms with Crippen LogP contribution in [0.4, 0.5) is 0 Å². The summed E-state index contributed by atoms with van der Waals surface area (Å²) in [5.41, 5.74) is 1.72. The quantitative estimate of drug-likeness (QED) is 0.731. The van der Waals surface area contributed by atoms with Crippen molar-refractivity contribution in [1.29, 1.82) is 0 Å². The number of nitrogens with zero attached hydrogens (tertiary/aromatic N) is 2. The van der Waals surface area contributed by atoms with E-state index in [-0.39, 0.29) is 16.8 Å². The molecule has 19 heavy (non-hydrogen) atoms. The number of para-hydroxylation sites is 2. The minimum atomic E-state index is -0.462. The summed E-state index contributed by atoms with van der Waals surface area (Å²) >= 11 is 0. The van der Waals surface area contributed by atoms with Crippen LogP contribution in [0.25, 0.3) is 22.3 Å². The molecule has 6 nitrogen and oxygen atoms in total. The highest BCUT2D eigenvalue weighted by Gasteiger charge is 2.22. The monoisotopic (exact) mass is 257 g/mol. The second-order valence-corrected chi connectivity index (χ2v) is 4.01. The van der Waals surface area contributed by atoms with Gasteiger partial charge in [-0.25, -0.2) is 9.97 Å². The number of hydrogen-bond acceptors (Lipinski definition) is 5. The summed E-state index contributed by atoms with van der Waals surface area (Å²) in [6, 6.07) is 7.23. The molecular formula is C13H11N3O3. The summed E-state index contributed by atoms with van der Waals surface area (Å²) in [6.45, 7) is 2.24. The van der Waals surface area contributed by atoms with Gasteiger partial charge in [-0.1, -0.05) is 12.1 Å². The summed E-state index contributed by atoms with van der Waals surface area (Å²) in [5.74, 6) is -0.889. The fourth-order valence-electron chi connectivity index (χ4n) is 1.92. The number of carbonyl (C=O) groups excluding carboxylic acids is 1. The SMILES string of the molecule is CCNC(=O)c1c(O)oc2nc3ccccc3nc12. The second kappa shape index (κ2) is 4.24. The first-order valence-electron chi connectivity index (χ1n) is 5.87. The number of aromatic hydroxyl groups is 1. The number of amides is 1. The Balaban J connectivity index is 2.30. The number of rotatable bonds is 2. The Hall–Kier alpha value is -2.63. The van der Waals surface area contributed by atoms with Crippen LogP contribution in [0, 0.1) is 0 Å². The van der Waals surface area contributed by atoms with Crippen molar-refractivity contribution in [3.05, 3.63) is 29.8 Å². The third-order valence-corrected chi connectivity index (χ3v) is 2.75. The predicted molar refractivity (Wildman–Crippen MR) is 69.0 cm³/mol. The molecule has 6 heteroatoms. The van der Waals surface area contributed by atoms with E-state index >= 15 is 0 Å². The topological polar surface area (TPSA) is 88.2 Å². The number of furan rings is 1. The van der Waals surface area contributed by atoms with E-state index < -0.39 is 11.9 Å². The molecule has 1 aromatic carbocycles. The molecule has 0 bridgehead atoms. The zero-order valence-electron chi connectivity index (χ0n) is 10.2. The number of aromatic nitrogens is 2. The van der Waals surface area contributed by atoms with Crippen LogP contribution in [0.5, 0.6) is 5.95 Å². The average molecular weight is 257 g/mol. The number of benzene rings is 1. The lowest BCUT2D eigenvalue weighted by molar-refractivity contribution is 0.0952. The third kappa shape index (κ3) is 1.77. The molecule has 96 valence electrons. The molecule has 2 heterocycles. The fraction of sp³-hybridized carbons (Fsp3) is 0.154. The summed E-state index contributed by atoms with van der Waals surface area (Å²) in [6.07, 6.45) is 0. The minimum Gasteiger partial charge on any atom is -0.480 e. The second-order valence-electron chi connectivity index (χ2n) is 4.01. The molecule has 2 aromatic heterocycles. The van der Waals surface area contributed by atoms with Crippen molar-refractivity contribution in [3.8, 4) is 5.95 Å². The average Bonchev–Trinajstić information content (AvgIpc) is 2.71. The van der Waals surface area contributed by atoms with Crippen molar-refractivity contribution < 1.29 is 14.3 Å². The standard InChI is InChI=1S/C13H11N3O3/c1-2-14-11(17)9-10-12(19-13(9)18)16-8-6-4-3-5-7(8)15-10/h3-6,18H,2H2,1H3,(H,14,17). The van der Waals surface area contributed by atoms with E-state index in [1.54, 1.807) is 19.1 Å². The number of hydrogen-bond donors (Lipinski definition) is 2. The maximum atomic E-state index is 11.9. The van der Waals surface area contributed by atoms with E-state index in [2.05, 4.69) is 15.3 Å². The lowest BCUT2D eigenvalue weighted by atomic mass is 10.2. The lowest BCUT2D eigenvalue weighted by Crippen LogP contribution is -2.22. The van der Waals surface area contributed by atoms with Crippen molar-refractivity contribution in [2.75, 3.05) is 6.54 Å². The molecule has 1 amide bonds.